The summed E-state index contributed by atoms with van der Waals surface area (Å²) in [5, 5.41) is 7.84. The summed E-state index contributed by atoms with van der Waals surface area (Å²) in [6, 6.07) is 12.3. The predicted molar refractivity (Wildman–Crippen MR) is 94.6 cm³/mol. The minimum absolute atomic E-state index is 0.0877. The molecule has 2 aromatic carbocycles. The molecule has 0 heterocycles. The maximum absolute atomic E-state index is 12.0. The van der Waals surface area contributed by atoms with E-state index in [1.165, 1.54) is 12.6 Å². The minimum atomic E-state index is -0.323. The highest BCUT2D eigenvalue weighted by molar-refractivity contribution is 5.94. The van der Waals surface area contributed by atoms with Crippen LogP contribution in [0.2, 0.25) is 0 Å². The Morgan fingerprint density at radius 2 is 1.67 bits per heavy atom. The number of amides is 3. The monoisotopic (exact) mass is 327 g/mol. The van der Waals surface area contributed by atoms with Gasteiger partial charge < -0.3 is 20.7 Å². The summed E-state index contributed by atoms with van der Waals surface area (Å²) in [6.45, 7) is 3.93. The second-order valence-electron chi connectivity index (χ2n) is 5.37. The van der Waals surface area contributed by atoms with E-state index in [1.54, 1.807) is 24.3 Å². The number of anilines is 2. The standard InChI is InChI=1S/C18H21N3O3/c1-12-7-8-16(9-13(12)2)24-11-17(22)20-14-5-4-6-15(10-14)21-18(23)19-3/h4-10H,11H2,1-3H3,(H,20,22)(H2,19,21,23). The van der Waals surface area contributed by atoms with E-state index in [-0.39, 0.29) is 18.5 Å². The molecular formula is C18H21N3O3. The number of carbonyl (C=O) groups is 2. The molecule has 0 bridgehead atoms. The molecule has 24 heavy (non-hydrogen) atoms. The van der Waals surface area contributed by atoms with Crippen molar-refractivity contribution in [3.05, 3.63) is 53.6 Å². The topological polar surface area (TPSA) is 79.5 Å². The van der Waals surface area contributed by atoms with Crippen molar-refractivity contribution in [3.8, 4) is 5.75 Å². The predicted octanol–water partition coefficient (Wildman–Crippen LogP) is 3.07. The fourth-order valence-corrected chi connectivity index (χ4v) is 2.02. The molecule has 0 unspecified atom stereocenters. The van der Waals surface area contributed by atoms with Crippen LogP contribution in [0.5, 0.6) is 5.75 Å². The van der Waals surface area contributed by atoms with Crippen LogP contribution < -0.4 is 20.7 Å². The number of carbonyl (C=O) groups excluding carboxylic acids is 2. The third-order valence-electron chi connectivity index (χ3n) is 3.48. The van der Waals surface area contributed by atoms with E-state index in [0.717, 1.165) is 5.56 Å². The molecule has 0 aliphatic carbocycles. The lowest BCUT2D eigenvalue weighted by Gasteiger charge is -2.10. The summed E-state index contributed by atoms with van der Waals surface area (Å²) in [7, 11) is 1.53. The highest BCUT2D eigenvalue weighted by atomic mass is 16.5. The molecule has 0 spiro atoms. The van der Waals surface area contributed by atoms with Crippen molar-refractivity contribution in [2.45, 2.75) is 13.8 Å². The van der Waals surface area contributed by atoms with Crippen molar-refractivity contribution in [3.63, 3.8) is 0 Å². The Balaban J connectivity index is 1.91. The Kier molecular flexibility index (Phi) is 5.78. The molecule has 0 aliphatic rings. The minimum Gasteiger partial charge on any atom is -0.484 e. The summed E-state index contributed by atoms with van der Waals surface area (Å²) in [6.07, 6.45) is 0. The molecule has 0 radical (unpaired) electrons. The number of hydrogen-bond donors (Lipinski definition) is 3. The molecular weight excluding hydrogens is 306 g/mol. The van der Waals surface area contributed by atoms with Gasteiger partial charge in [-0.1, -0.05) is 12.1 Å². The maximum Gasteiger partial charge on any atom is 0.318 e. The van der Waals surface area contributed by atoms with Crippen LogP contribution in [0, 0.1) is 13.8 Å². The van der Waals surface area contributed by atoms with Gasteiger partial charge in [0.25, 0.3) is 5.91 Å². The van der Waals surface area contributed by atoms with Gasteiger partial charge in [0.1, 0.15) is 5.75 Å². The Morgan fingerprint density at radius 3 is 2.33 bits per heavy atom. The van der Waals surface area contributed by atoms with Crippen molar-refractivity contribution in [2.75, 3.05) is 24.3 Å². The van der Waals surface area contributed by atoms with Crippen molar-refractivity contribution in [1.82, 2.24) is 5.32 Å². The molecule has 2 rings (SSSR count). The molecule has 126 valence electrons. The van der Waals surface area contributed by atoms with E-state index in [2.05, 4.69) is 16.0 Å². The van der Waals surface area contributed by atoms with Gasteiger partial charge in [-0.15, -0.1) is 0 Å². The first-order chi connectivity index (χ1) is 11.5. The zero-order chi connectivity index (χ0) is 17.5. The number of benzene rings is 2. The quantitative estimate of drug-likeness (QED) is 0.789. The fraction of sp³-hybridized carbons (Fsp3) is 0.222. The van der Waals surface area contributed by atoms with Gasteiger partial charge in [-0.25, -0.2) is 4.79 Å². The van der Waals surface area contributed by atoms with Gasteiger partial charge in [0.15, 0.2) is 6.61 Å². The zero-order valence-corrected chi connectivity index (χ0v) is 14.0. The number of nitrogens with one attached hydrogen (secondary N) is 3. The lowest BCUT2D eigenvalue weighted by atomic mass is 10.1. The summed E-state index contributed by atoms with van der Waals surface area (Å²) in [4.78, 5) is 23.3. The van der Waals surface area contributed by atoms with Gasteiger partial charge in [0, 0.05) is 18.4 Å². The van der Waals surface area contributed by atoms with E-state index < -0.39 is 0 Å². The van der Waals surface area contributed by atoms with Gasteiger partial charge >= 0.3 is 6.03 Å². The van der Waals surface area contributed by atoms with E-state index >= 15 is 0 Å². The fourth-order valence-electron chi connectivity index (χ4n) is 2.02. The first-order valence-corrected chi connectivity index (χ1v) is 7.56. The number of rotatable bonds is 5. The van der Waals surface area contributed by atoms with Crippen LogP contribution in [0.4, 0.5) is 16.2 Å². The van der Waals surface area contributed by atoms with Gasteiger partial charge in [-0.2, -0.15) is 0 Å². The lowest BCUT2D eigenvalue weighted by Crippen LogP contribution is -2.24. The SMILES string of the molecule is CNC(=O)Nc1cccc(NC(=O)COc2ccc(C)c(C)c2)c1. The number of aryl methyl sites for hydroxylation is 2. The largest absolute Gasteiger partial charge is 0.484 e. The van der Waals surface area contributed by atoms with Gasteiger partial charge in [0.05, 0.1) is 0 Å². The Morgan fingerprint density at radius 1 is 0.958 bits per heavy atom. The van der Waals surface area contributed by atoms with Crippen LogP contribution in [0.1, 0.15) is 11.1 Å². The van der Waals surface area contributed by atoms with Crippen LogP contribution in [0.3, 0.4) is 0 Å². The molecule has 6 nitrogen and oxygen atoms in total. The van der Waals surface area contributed by atoms with Crippen LogP contribution in [0.15, 0.2) is 42.5 Å². The molecule has 3 amide bonds. The molecule has 2 aromatic rings. The van der Waals surface area contributed by atoms with E-state index in [1.807, 2.05) is 32.0 Å². The van der Waals surface area contributed by atoms with Crippen LogP contribution in [0.25, 0.3) is 0 Å². The molecule has 3 N–H and O–H groups in total. The third kappa shape index (κ3) is 5.01. The smallest absolute Gasteiger partial charge is 0.318 e. The maximum atomic E-state index is 12.0. The number of ether oxygens (including phenoxy) is 1. The molecule has 6 heteroatoms. The van der Waals surface area contributed by atoms with Crippen molar-refractivity contribution < 1.29 is 14.3 Å². The molecule has 0 atom stereocenters. The number of hydrogen-bond acceptors (Lipinski definition) is 3. The average molecular weight is 327 g/mol. The molecule has 0 saturated carbocycles. The summed E-state index contributed by atoms with van der Waals surface area (Å²) in [5.41, 5.74) is 3.45. The Labute approximate surface area is 141 Å². The Bertz CT molecular complexity index is 744. The summed E-state index contributed by atoms with van der Waals surface area (Å²) < 4.78 is 5.50. The first kappa shape index (κ1) is 17.3. The second-order valence-corrected chi connectivity index (χ2v) is 5.37. The van der Waals surface area contributed by atoms with E-state index in [9.17, 15) is 9.59 Å². The van der Waals surface area contributed by atoms with Crippen molar-refractivity contribution >= 4 is 23.3 Å². The summed E-state index contributed by atoms with van der Waals surface area (Å²) >= 11 is 0. The summed E-state index contributed by atoms with van der Waals surface area (Å²) in [5.74, 6) is 0.383. The van der Waals surface area contributed by atoms with Crippen molar-refractivity contribution in [1.29, 1.82) is 0 Å². The lowest BCUT2D eigenvalue weighted by molar-refractivity contribution is -0.118. The highest BCUT2D eigenvalue weighted by Crippen LogP contribution is 2.17. The van der Waals surface area contributed by atoms with Gasteiger partial charge in [-0.3, -0.25) is 4.79 Å². The normalized spacial score (nSPS) is 9.96. The average Bonchev–Trinajstić information content (AvgIpc) is 2.56. The van der Waals surface area contributed by atoms with Crippen LogP contribution >= 0.6 is 0 Å². The zero-order valence-electron chi connectivity index (χ0n) is 14.0. The van der Waals surface area contributed by atoms with Crippen LogP contribution in [-0.4, -0.2) is 25.6 Å². The third-order valence-corrected chi connectivity index (χ3v) is 3.48. The molecule has 0 aliphatic heterocycles. The van der Waals surface area contributed by atoms with Crippen LogP contribution in [-0.2, 0) is 4.79 Å². The first-order valence-electron chi connectivity index (χ1n) is 7.56. The van der Waals surface area contributed by atoms with E-state index in [0.29, 0.717) is 17.1 Å². The van der Waals surface area contributed by atoms with Gasteiger partial charge in [0.2, 0.25) is 0 Å². The van der Waals surface area contributed by atoms with E-state index in [4.69, 9.17) is 4.74 Å². The molecule has 0 saturated heterocycles. The number of urea groups is 1. The van der Waals surface area contributed by atoms with Crippen molar-refractivity contribution in [2.24, 2.45) is 0 Å². The molecule has 0 aromatic heterocycles. The highest BCUT2D eigenvalue weighted by Gasteiger charge is 2.06. The Hall–Kier alpha value is -3.02. The van der Waals surface area contributed by atoms with Gasteiger partial charge in [-0.05, 0) is 55.3 Å². The molecule has 0 fully saturated rings. The second kappa shape index (κ2) is 8.01.